The topological polar surface area (TPSA) is 52.6 Å². The maximum absolute atomic E-state index is 12.0. The van der Waals surface area contributed by atoms with Gasteiger partial charge in [0.1, 0.15) is 5.75 Å². The van der Waals surface area contributed by atoms with E-state index in [1.807, 2.05) is 31.2 Å². The molecule has 2 rings (SSSR count). The lowest BCUT2D eigenvalue weighted by molar-refractivity contribution is -0.134. The number of carbonyl (C=O) groups excluding carboxylic acids is 2. The number of esters is 2. The van der Waals surface area contributed by atoms with E-state index in [4.69, 9.17) is 9.47 Å². The molecule has 0 saturated carbocycles. The van der Waals surface area contributed by atoms with Gasteiger partial charge in [0.2, 0.25) is 0 Å². The monoisotopic (exact) mass is 368 g/mol. The van der Waals surface area contributed by atoms with Gasteiger partial charge in [0, 0.05) is 6.42 Å². The summed E-state index contributed by atoms with van der Waals surface area (Å²) in [5.74, 6) is 0.556. The Balaban J connectivity index is 1.94. The molecule has 4 heteroatoms. The van der Waals surface area contributed by atoms with Crippen molar-refractivity contribution >= 4 is 11.9 Å². The fourth-order valence-electron chi connectivity index (χ4n) is 2.49. The number of rotatable bonds is 9. The molecule has 0 N–H and O–H groups in total. The molecular formula is C23H28O4. The smallest absolute Gasteiger partial charge is 0.338 e. The van der Waals surface area contributed by atoms with Crippen molar-refractivity contribution < 1.29 is 19.1 Å². The quantitative estimate of drug-likeness (QED) is 0.424. The average Bonchev–Trinajstić information content (AvgIpc) is 2.67. The summed E-state index contributed by atoms with van der Waals surface area (Å²) in [6.45, 7) is 6.68. The van der Waals surface area contributed by atoms with Crippen LogP contribution in [0.15, 0.2) is 48.5 Å². The third-order valence-corrected chi connectivity index (χ3v) is 4.20. The van der Waals surface area contributed by atoms with Crippen LogP contribution in [0.5, 0.6) is 5.75 Å². The maximum Gasteiger partial charge on any atom is 0.338 e. The second-order valence-corrected chi connectivity index (χ2v) is 7.00. The fraction of sp³-hybridized carbons (Fsp3) is 0.391. The van der Waals surface area contributed by atoms with Gasteiger partial charge in [-0.3, -0.25) is 4.79 Å². The van der Waals surface area contributed by atoms with Crippen LogP contribution in [0.1, 0.15) is 56.8 Å². The predicted molar refractivity (Wildman–Crippen MR) is 107 cm³/mol. The van der Waals surface area contributed by atoms with Gasteiger partial charge < -0.3 is 9.47 Å². The van der Waals surface area contributed by atoms with Crippen LogP contribution in [0.3, 0.4) is 0 Å². The number of hydrogen-bond acceptors (Lipinski definition) is 4. The zero-order chi connectivity index (χ0) is 19.6. The van der Waals surface area contributed by atoms with Crippen LogP contribution in [0.25, 0.3) is 11.1 Å². The first-order valence-corrected chi connectivity index (χ1v) is 9.58. The molecule has 0 fully saturated rings. The molecule has 4 nitrogen and oxygen atoms in total. The highest BCUT2D eigenvalue weighted by atomic mass is 16.5. The van der Waals surface area contributed by atoms with Gasteiger partial charge in [0.25, 0.3) is 0 Å². The van der Waals surface area contributed by atoms with Gasteiger partial charge >= 0.3 is 11.9 Å². The summed E-state index contributed by atoms with van der Waals surface area (Å²) in [4.78, 5) is 23.7. The van der Waals surface area contributed by atoms with Crippen molar-refractivity contribution in [2.24, 2.45) is 5.92 Å². The van der Waals surface area contributed by atoms with Gasteiger partial charge in [-0.05, 0) is 54.2 Å². The third kappa shape index (κ3) is 6.89. The number of unbranched alkanes of at least 4 members (excludes halogenated alkanes) is 1. The summed E-state index contributed by atoms with van der Waals surface area (Å²) in [5.41, 5.74) is 2.52. The normalized spacial score (nSPS) is 10.7. The second kappa shape index (κ2) is 10.5. The Morgan fingerprint density at radius 3 is 2.07 bits per heavy atom. The zero-order valence-electron chi connectivity index (χ0n) is 16.4. The molecular weight excluding hydrogens is 340 g/mol. The van der Waals surface area contributed by atoms with Gasteiger partial charge in [-0.2, -0.15) is 0 Å². The van der Waals surface area contributed by atoms with Crippen molar-refractivity contribution in [1.82, 2.24) is 0 Å². The molecule has 0 bridgehead atoms. The van der Waals surface area contributed by atoms with Gasteiger partial charge in [-0.25, -0.2) is 4.79 Å². The van der Waals surface area contributed by atoms with Crippen molar-refractivity contribution in [2.45, 2.75) is 46.5 Å². The minimum Gasteiger partial charge on any atom is -0.462 e. The summed E-state index contributed by atoms with van der Waals surface area (Å²) in [5, 5.41) is 0. The Morgan fingerprint density at radius 2 is 1.52 bits per heavy atom. The number of ether oxygens (including phenoxy) is 2. The third-order valence-electron chi connectivity index (χ3n) is 4.20. The Bertz CT molecular complexity index is 730. The minimum atomic E-state index is -0.295. The molecule has 27 heavy (non-hydrogen) atoms. The zero-order valence-corrected chi connectivity index (χ0v) is 16.4. The predicted octanol–water partition coefficient (Wildman–Crippen LogP) is 5.65. The molecule has 2 aromatic carbocycles. The highest BCUT2D eigenvalue weighted by molar-refractivity contribution is 5.90. The van der Waals surface area contributed by atoms with E-state index in [1.54, 1.807) is 24.3 Å². The average molecular weight is 368 g/mol. The lowest BCUT2D eigenvalue weighted by atomic mass is 10.0. The van der Waals surface area contributed by atoms with E-state index in [0.29, 0.717) is 30.3 Å². The molecule has 0 saturated heterocycles. The molecule has 0 spiro atoms. The van der Waals surface area contributed by atoms with E-state index >= 15 is 0 Å². The molecule has 2 aromatic rings. The van der Waals surface area contributed by atoms with Gasteiger partial charge in [0.15, 0.2) is 0 Å². The van der Waals surface area contributed by atoms with Gasteiger partial charge in [0.05, 0.1) is 12.2 Å². The molecule has 0 aromatic heterocycles. The van der Waals surface area contributed by atoms with Crippen molar-refractivity contribution in [1.29, 1.82) is 0 Å². The van der Waals surface area contributed by atoms with E-state index in [9.17, 15) is 9.59 Å². The Hall–Kier alpha value is -2.62. The number of carbonyl (C=O) groups is 2. The first-order valence-electron chi connectivity index (χ1n) is 9.58. The van der Waals surface area contributed by atoms with Gasteiger partial charge in [-0.15, -0.1) is 0 Å². The Kier molecular flexibility index (Phi) is 8.05. The standard InChI is InChI=1S/C23H28O4/c1-4-5-6-22(24)27-21-13-11-19(12-14-21)18-7-9-20(10-8-18)23(25)26-16-15-17(2)3/h7-14,17H,4-6,15-16H2,1-3H3. The Labute approximate surface area is 161 Å². The second-order valence-electron chi connectivity index (χ2n) is 7.00. The lowest BCUT2D eigenvalue weighted by Gasteiger charge is -2.08. The molecule has 0 unspecified atom stereocenters. The van der Waals surface area contributed by atoms with Gasteiger partial charge in [-0.1, -0.05) is 51.5 Å². The first-order chi connectivity index (χ1) is 13.0. The van der Waals surface area contributed by atoms with E-state index < -0.39 is 0 Å². The molecule has 0 aliphatic rings. The molecule has 144 valence electrons. The minimum absolute atomic E-state index is 0.204. The summed E-state index contributed by atoms with van der Waals surface area (Å²) in [7, 11) is 0. The molecule has 0 aliphatic heterocycles. The molecule has 0 aliphatic carbocycles. The van der Waals surface area contributed by atoms with Crippen LogP contribution < -0.4 is 4.74 Å². The van der Waals surface area contributed by atoms with Crippen molar-refractivity contribution in [3.8, 4) is 16.9 Å². The van der Waals surface area contributed by atoms with Crippen LogP contribution in [-0.4, -0.2) is 18.5 Å². The van der Waals surface area contributed by atoms with Crippen LogP contribution in [0.4, 0.5) is 0 Å². The summed E-state index contributed by atoms with van der Waals surface area (Å²) < 4.78 is 10.6. The molecule has 0 radical (unpaired) electrons. The lowest BCUT2D eigenvalue weighted by Crippen LogP contribution is -2.08. The Morgan fingerprint density at radius 1 is 0.926 bits per heavy atom. The summed E-state index contributed by atoms with van der Waals surface area (Å²) in [6, 6.07) is 14.7. The highest BCUT2D eigenvalue weighted by Gasteiger charge is 2.09. The van der Waals surface area contributed by atoms with Crippen LogP contribution in [-0.2, 0) is 9.53 Å². The number of benzene rings is 2. The summed E-state index contributed by atoms with van der Waals surface area (Å²) in [6.07, 6.45) is 3.10. The van der Waals surface area contributed by atoms with Crippen molar-refractivity contribution in [3.63, 3.8) is 0 Å². The van der Waals surface area contributed by atoms with E-state index in [0.717, 1.165) is 30.4 Å². The summed E-state index contributed by atoms with van der Waals surface area (Å²) >= 11 is 0. The van der Waals surface area contributed by atoms with Crippen LogP contribution in [0.2, 0.25) is 0 Å². The number of hydrogen-bond donors (Lipinski definition) is 0. The van der Waals surface area contributed by atoms with Crippen molar-refractivity contribution in [2.75, 3.05) is 6.61 Å². The highest BCUT2D eigenvalue weighted by Crippen LogP contribution is 2.23. The first kappa shape index (κ1) is 20.7. The van der Waals surface area contributed by atoms with Crippen LogP contribution in [0, 0.1) is 5.92 Å². The molecule has 0 heterocycles. The SMILES string of the molecule is CCCCC(=O)Oc1ccc(-c2ccc(C(=O)OCCC(C)C)cc2)cc1. The molecule has 0 amide bonds. The van der Waals surface area contributed by atoms with E-state index in [-0.39, 0.29) is 11.9 Å². The maximum atomic E-state index is 12.0. The fourth-order valence-corrected chi connectivity index (χ4v) is 2.49. The molecule has 0 atom stereocenters. The van der Waals surface area contributed by atoms with Crippen LogP contribution >= 0.6 is 0 Å². The van der Waals surface area contributed by atoms with Crippen molar-refractivity contribution in [3.05, 3.63) is 54.1 Å². The van der Waals surface area contributed by atoms with E-state index in [1.165, 1.54) is 0 Å². The largest absolute Gasteiger partial charge is 0.462 e. The van der Waals surface area contributed by atoms with E-state index in [2.05, 4.69) is 13.8 Å².